The number of aliphatic imine (C=N–C) groups is 1. The highest BCUT2D eigenvalue weighted by Gasteiger charge is 2.43. The standard InChI is InChI=1S/C19H26N4S/c1-3-16-12-21-17(24-16)13-22-18(20-4-2)23-14-19(10-11-19)15-8-6-5-7-9-15/h5-9,12H,3-4,10-11,13-14H2,1-2H3,(H2,20,22,23). The first-order valence-electron chi connectivity index (χ1n) is 8.77. The van der Waals surface area contributed by atoms with Crippen molar-refractivity contribution < 1.29 is 0 Å². The van der Waals surface area contributed by atoms with Crippen LogP contribution in [0.2, 0.25) is 0 Å². The third kappa shape index (κ3) is 4.15. The van der Waals surface area contributed by atoms with Crippen molar-refractivity contribution in [2.24, 2.45) is 4.99 Å². The van der Waals surface area contributed by atoms with Gasteiger partial charge in [0.05, 0.1) is 6.54 Å². The molecule has 2 aromatic rings. The molecule has 3 rings (SSSR count). The van der Waals surface area contributed by atoms with E-state index >= 15 is 0 Å². The zero-order valence-corrected chi connectivity index (χ0v) is 15.3. The van der Waals surface area contributed by atoms with Gasteiger partial charge in [-0.25, -0.2) is 9.98 Å². The number of benzene rings is 1. The molecule has 0 saturated heterocycles. The largest absolute Gasteiger partial charge is 0.357 e. The van der Waals surface area contributed by atoms with Crippen molar-refractivity contribution in [1.29, 1.82) is 0 Å². The van der Waals surface area contributed by atoms with Crippen LogP contribution >= 0.6 is 11.3 Å². The minimum Gasteiger partial charge on any atom is -0.357 e. The maximum Gasteiger partial charge on any atom is 0.191 e. The van der Waals surface area contributed by atoms with E-state index in [9.17, 15) is 0 Å². The van der Waals surface area contributed by atoms with Crippen LogP contribution in [0.3, 0.4) is 0 Å². The summed E-state index contributed by atoms with van der Waals surface area (Å²) in [5.41, 5.74) is 1.72. The number of nitrogens with zero attached hydrogens (tertiary/aromatic N) is 2. The summed E-state index contributed by atoms with van der Waals surface area (Å²) in [6, 6.07) is 10.8. The van der Waals surface area contributed by atoms with Gasteiger partial charge in [-0.1, -0.05) is 37.3 Å². The number of aryl methyl sites for hydroxylation is 1. The van der Waals surface area contributed by atoms with Crippen LogP contribution in [0.15, 0.2) is 41.5 Å². The summed E-state index contributed by atoms with van der Waals surface area (Å²) >= 11 is 1.75. The Kier molecular flexibility index (Phi) is 5.51. The third-order valence-electron chi connectivity index (χ3n) is 4.50. The summed E-state index contributed by atoms with van der Waals surface area (Å²) in [7, 11) is 0. The van der Waals surface area contributed by atoms with Crippen LogP contribution in [0.4, 0.5) is 0 Å². The lowest BCUT2D eigenvalue weighted by atomic mass is 9.96. The van der Waals surface area contributed by atoms with E-state index < -0.39 is 0 Å². The van der Waals surface area contributed by atoms with Gasteiger partial charge in [-0.15, -0.1) is 11.3 Å². The highest BCUT2D eigenvalue weighted by Crippen LogP contribution is 2.47. The average molecular weight is 343 g/mol. The maximum atomic E-state index is 4.70. The molecule has 0 bridgehead atoms. The van der Waals surface area contributed by atoms with E-state index in [4.69, 9.17) is 4.99 Å². The van der Waals surface area contributed by atoms with Crippen LogP contribution in [0.5, 0.6) is 0 Å². The van der Waals surface area contributed by atoms with Crippen LogP contribution in [0.25, 0.3) is 0 Å². The summed E-state index contributed by atoms with van der Waals surface area (Å²) < 4.78 is 0. The van der Waals surface area contributed by atoms with Crippen LogP contribution < -0.4 is 10.6 Å². The Bertz CT molecular complexity index is 674. The fourth-order valence-corrected chi connectivity index (χ4v) is 3.62. The fraction of sp³-hybridized carbons (Fsp3) is 0.474. The Morgan fingerprint density at radius 3 is 2.62 bits per heavy atom. The molecule has 0 atom stereocenters. The summed E-state index contributed by atoms with van der Waals surface area (Å²) in [4.78, 5) is 10.5. The highest BCUT2D eigenvalue weighted by atomic mass is 32.1. The van der Waals surface area contributed by atoms with Crippen molar-refractivity contribution >= 4 is 17.3 Å². The van der Waals surface area contributed by atoms with E-state index in [-0.39, 0.29) is 5.41 Å². The van der Waals surface area contributed by atoms with Crippen molar-refractivity contribution in [3.63, 3.8) is 0 Å². The molecule has 128 valence electrons. The summed E-state index contributed by atoms with van der Waals surface area (Å²) in [6.07, 6.45) is 5.50. The van der Waals surface area contributed by atoms with E-state index in [2.05, 4.69) is 59.8 Å². The first kappa shape index (κ1) is 17.0. The number of rotatable bonds is 7. The molecule has 1 aromatic carbocycles. The molecule has 1 aliphatic carbocycles. The van der Waals surface area contributed by atoms with Gasteiger partial charge in [-0.05, 0) is 31.7 Å². The molecule has 2 N–H and O–H groups in total. The van der Waals surface area contributed by atoms with Crippen LogP contribution in [0, 0.1) is 0 Å². The molecule has 24 heavy (non-hydrogen) atoms. The fourth-order valence-electron chi connectivity index (χ4n) is 2.84. The SMILES string of the molecule is CCNC(=NCc1ncc(CC)s1)NCC1(c2ccccc2)CC1. The molecule has 1 aromatic heterocycles. The first-order valence-corrected chi connectivity index (χ1v) is 9.58. The van der Waals surface area contributed by atoms with Gasteiger partial charge >= 0.3 is 0 Å². The van der Waals surface area contributed by atoms with Crippen molar-refractivity contribution in [1.82, 2.24) is 15.6 Å². The van der Waals surface area contributed by atoms with Crippen molar-refractivity contribution in [2.75, 3.05) is 13.1 Å². The van der Waals surface area contributed by atoms with Crippen LogP contribution in [0.1, 0.15) is 42.1 Å². The quantitative estimate of drug-likeness (QED) is 0.598. The molecule has 1 saturated carbocycles. The molecular formula is C19H26N4S. The van der Waals surface area contributed by atoms with E-state index in [1.54, 1.807) is 11.3 Å². The van der Waals surface area contributed by atoms with E-state index in [0.29, 0.717) is 6.54 Å². The molecular weight excluding hydrogens is 316 g/mol. The average Bonchev–Trinajstić information content (AvgIpc) is 3.28. The van der Waals surface area contributed by atoms with Gasteiger partial charge in [0.15, 0.2) is 5.96 Å². The predicted molar refractivity (Wildman–Crippen MR) is 102 cm³/mol. The third-order valence-corrected chi connectivity index (χ3v) is 5.63. The molecule has 4 nitrogen and oxygen atoms in total. The normalized spacial score (nSPS) is 16.0. The Morgan fingerprint density at radius 1 is 1.21 bits per heavy atom. The van der Waals surface area contributed by atoms with Crippen molar-refractivity contribution in [3.8, 4) is 0 Å². The van der Waals surface area contributed by atoms with Crippen molar-refractivity contribution in [2.45, 2.75) is 45.1 Å². The zero-order chi connectivity index (χ0) is 16.8. The van der Waals surface area contributed by atoms with E-state index in [1.165, 1.54) is 23.3 Å². The zero-order valence-electron chi connectivity index (χ0n) is 14.5. The Balaban J connectivity index is 1.60. The molecule has 1 heterocycles. The summed E-state index contributed by atoms with van der Waals surface area (Å²) in [5.74, 6) is 0.882. The van der Waals surface area contributed by atoms with Gasteiger partial charge in [0, 0.05) is 29.6 Å². The number of guanidine groups is 1. The summed E-state index contributed by atoms with van der Waals surface area (Å²) in [6.45, 7) is 6.69. The topological polar surface area (TPSA) is 49.3 Å². The van der Waals surface area contributed by atoms with Crippen LogP contribution in [-0.2, 0) is 18.4 Å². The van der Waals surface area contributed by atoms with Gasteiger partial charge in [0.1, 0.15) is 5.01 Å². The second-order valence-corrected chi connectivity index (χ2v) is 7.47. The Labute approximate surface area is 148 Å². The lowest BCUT2D eigenvalue weighted by Gasteiger charge is -2.19. The number of aromatic nitrogens is 1. The van der Waals surface area contributed by atoms with Crippen LogP contribution in [-0.4, -0.2) is 24.0 Å². The summed E-state index contributed by atoms with van der Waals surface area (Å²) in [5, 5.41) is 7.95. The van der Waals surface area contributed by atoms with Gasteiger partial charge in [0.25, 0.3) is 0 Å². The maximum absolute atomic E-state index is 4.70. The number of nitrogens with one attached hydrogen (secondary N) is 2. The molecule has 1 fully saturated rings. The molecule has 0 aliphatic heterocycles. The van der Waals surface area contributed by atoms with Gasteiger partial charge in [-0.2, -0.15) is 0 Å². The molecule has 0 unspecified atom stereocenters. The molecule has 5 heteroatoms. The first-order chi connectivity index (χ1) is 11.8. The number of hydrogen-bond donors (Lipinski definition) is 2. The monoisotopic (exact) mass is 342 g/mol. The molecule has 1 aliphatic rings. The van der Waals surface area contributed by atoms with E-state index in [0.717, 1.165) is 30.5 Å². The lowest BCUT2D eigenvalue weighted by Crippen LogP contribution is -2.41. The minimum absolute atomic E-state index is 0.286. The van der Waals surface area contributed by atoms with Gasteiger partial charge in [0.2, 0.25) is 0 Å². The van der Waals surface area contributed by atoms with Gasteiger partial charge in [-0.3, -0.25) is 0 Å². The smallest absolute Gasteiger partial charge is 0.191 e. The Hall–Kier alpha value is -1.88. The second-order valence-electron chi connectivity index (χ2n) is 6.27. The lowest BCUT2D eigenvalue weighted by molar-refractivity contribution is 0.646. The minimum atomic E-state index is 0.286. The number of thiazole rings is 1. The predicted octanol–water partition coefficient (Wildman–Crippen LogP) is 3.49. The second kappa shape index (κ2) is 7.79. The van der Waals surface area contributed by atoms with E-state index in [1.807, 2.05) is 6.20 Å². The molecule has 0 radical (unpaired) electrons. The molecule has 0 spiro atoms. The number of hydrogen-bond acceptors (Lipinski definition) is 3. The Morgan fingerprint density at radius 2 is 2.00 bits per heavy atom. The highest BCUT2D eigenvalue weighted by molar-refractivity contribution is 7.11. The van der Waals surface area contributed by atoms with Crippen molar-refractivity contribution in [3.05, 3.63) is 52.0 Å². The molecule has 0 amide bonds. The van der Waals surface area contributed by atoms with Gasteiger partial charge < -0.3 is 10.6 Å².